The standard InChI is InChI=1S/C36H32N2O6/c1-35-31-27(43-5)19-26(42-4)20-28(31)44-36(35,23-13-17-25(41-3)18-14-23)30(21-9-7-6-8-10-21)29-32(35)37-33(38-34(29)39)22-11-15-24(40-2)16-12-22/h6-20,30H,1-5H3,(H,37,38,39)/t30-,35-,36+/m1/s1. The molecule has 7 rings (SSSR count). The van der Waals surface area contributed by atoms with E-state index in [4.69, 9.17) is 28.7 Å². The van der Waals surface area contributed by atoms with E-state index < -0.39 is 16.9 Å². The van der Waals surface area contributed by atoms with Gasteiger partial charge in [-0.2, -0.15) is 0 Å². The zero-order valence-corrected chi connectivity index (χ0v) is 25.1. The van der Waals surface area contributed by atoms with Crippen molar-refractivity contribution in [2.45, 2.75) is 23.9 Å². The van der Waals surface area contributed by atoms with Crippen LogP contribution in [0.4, 0.5) is 0 Å². The van der Waals surface area contributed by atoms with Gasteiger partial charge in [-0.25, -0.2) is 4.98 Å². The molecule has 5 aromatic rings. The quantitative estimate of drug-likeness (QED) is 0.242. The fourth-order valence-corrected chi connectivity index (χ4v) is 7.14. The summed E-state index contributed by atoms with van der Waals surface area (Å²) in [5.41, 5.74) is 2.21. The van der Waals surface area contributed by atoms with Gasteiger partial charge in [0, 0.05) is 17.7 Å². The Bertz CT molecular complexity index is 1920. The first kappa shape index (κ1) is 27.6. The number of fused-ring (bicyclic) bond motifs is 5. The summed E-state index contributed by atoms with van der Waals surface area (Å²) in [6.07, 6.45) is 0. The number of aromatic amines is 1. The summed E-state index contributed by atoms with van der Waals surface area (Å²) in [5.74, 6) is 3.15. The van der Waals surface area contributed by atoms with Gasteiger partial charge in [-0.3, -0.25) is 4.79 Å². The van der Waals surface area contributed by atoms with Gasteiger partial charge >= 0.3 is 0 Å². The largest absolute Gasteiger partial charge is 0.497 e. The van der Waals surface area contributed by atoms with Gasteiger partial charge in [0.25, 0.3) is 5.56 Å². The zero-order valence-electron chi connectivity index (χ0n) is 25.1. The third kappa shape index (κ3) is 3.70. The van der Waals surface area contributed by atoms with Crippen molar-refractivity contribution in [3.8, 4) is 40.1 Å². The van der Waals surface area contributed by atoms with Gasteiger partial charge < -0.3 is 28.7 Å². The molecule has 0 radical (unpaired) electrons. The molecule has 8 heteroatoms. The number of benzene rings is 4. The van der Waals surface area contributed by atoms with Crippen molar-refractivity contribution < 1.29 is 23.7 Å². The van der Waals surface area contributed by atoms with Crippen molar-refractivity contribution in [3.63, 3.8) is 0 Å². The molecule has 0 fully saturated rings. The van der Waals surface area contributed by atoms with Gasteiger partial charge in [-0.05, 0) is 54.4 Å². The van der Waals surface area contributed by atoms with Crippen molar-refractivity contribution in [3.05, 3.63) is 129 Å². The Morgan fingerprint density at radius 1 is 0.773 bits per heavy atom. The van der Waals surface area contributed by atoms with Crippen LogP contribution in [0.25, 0.3) is 11.4 Å². The second-order valence-electron chi connectivity index (χ2n) is 11.1. The molecular weight excluding hydrogens is 556 g/mol. The van der Waals surface area contributed by atoms with E-state index in [-0.39, 0.29) is 5.56 Å². The van der Waals surface area contributed by atoms with Crippen LogP contribution in [-0.4, -0.2) is 38.4 Å². The number of hydrogen-bond acceptors (Lipinski definition) is 7. The van der Waals surface area contributed by atoms with E-state index in [0.29, 0.717) is 45.8 Å². The van der Waals surface area contributed by atoms with Crippen LogP contribution in [0.5, 0.6) is 28.7 Å². The average Bonchev–Trinajstić information content (AvgIpc) is 3.47. The van der Waals surface area contributed by atoms with Crippen LogP contribution in [0.1, 0.15) is 40.8 Å². The molecule has 0 saturated heterocycles. The van der Waals surface area contributed by atoms with Crippen LogP contribution in [0, 0.1) is 0 Å². The van der Waals surface area contributed by atoms with Gasteiger partial charge in [-0.1, -0.05) is 42.5 Å². The molecule has 222 valence electrons. The van der Waals surface area contributed by atoms with E-state index >= 15 is 0 Å². The topological polar surface area (TPSA) is 91.9 Å². The molecular formula is C36H32N2O6. The molecule has 1 N–H and O–H groups in total. The van der Waals surface area contributed by atoms with E-state index in [1.807, 2.05) is 91.0 Å². The number of ether oxygens (including phenoxy) is 5. The molecule has 0 bridgehead atoms. The lowest BCUT2D eigenvalue weighted by molar-refractivity contribution is 0.0339. The molecule has 1 aliphatic carbocycles. The Morgan fingerprint density at radius 2 is 1.41 bits per heavy atom. The molecule has 8 nitrogen and oxygen atoms in total. The summed E-state index contributed by atoms with van der Waals surface area (Å²) in [6, 6.07) is 29.0. The molecule has 0 unspecified atom stereocenters. The first-order valence-electron chi connectivity index (χ1n) is 14.3. The van der Waals surface area contributed by atoms with Gasteiger partial charge in [0.2, 0.25) is 0 Å². The monoisotopic (exact) mass is 588 g/mol. The van der Waals surface area contributed by atoms with Crippen LogP contribution in [-0.2, 0) is 11.0 Å². The summed E-state index contributed by atoms with van der Waals surface area (Å²) < 4.78 is 29.8. The van der Waals surface area contributed by atoms with Crippen LogP contribution in [0.15, 0.2) is 95.8 Å². The molecule has 4 aromatic carbocycles. The van der Waals surface area contributed by atoms with Crippen molar-refractivity contribution in [2.24, 2.45) is 0 Å². The highest BCUT2D eigenvalue weighted by atomic mass is 16.5. The number of nitrogens with zero attached hydrogens (tertiary/aromatic N) is 1. The first-order chi connectivity index (χ1) is 21.4. The van der Waals surface area contributed by atoms with Gasteiger partial charge in [0.15, 0.2) is 5.60 Å². The van der Waals surface area contributed by atoms with Crippen LogP contribution in [0.2, 0.25) is 0 Å². The Morgan fingerprint density at radius 3 is 2.02 bits per heavy atom. The third-order valence-electron chi connectivity index (χ3n) is 9.15. The Labute approximate surface area is 255 Å². The number of H-pyrrole nitrogens is 1. The zero-order chi connectivity index (χ0) is 30.6. The van der Waals surface area contributed by atoms with Crippen LogP contribution < -0.4 is 29.2 Å². The summed E-state index contributed by atoms with van der Waals surface area (Å²) >= 11 is 0. The highest BCUT2D eigenvalue weighted by Gasteiger charge is 2.71. The molecule has 1 aromatic heterocycles. The number of nitrogens with one attached hydrogen (secondary N) is 1. The number of hydrogen-bond donors (Lipinski definition) is 1. The van der Waals surface area contributed by atoms with E-state index in [1.165, 1.54) is 0 Å². The van der Waals surface area contributed by atoms with Crippen molar-refractivity contribution in [1.82, 2.24) is 9.97 Å². The first-order valence-corrected chi connectivity index (χ1v) is 14.3. The van der Waals surface area contributed by atoms with Crippen LogP contribution >= 0.6 is 0 Å². The molecule has 44 heavy (non-hydrogen) atoms. The maximum absolute atomic E-state index is 14.4. The van der Waals surface area contributed by atoms with Crippen molar-refractivity contribution in [1.29, 1.82) is 0 Å². The van der Waals surface area contributed by atoms with Gasteiger partial charge in [-0.15, -0.1) is 0 Å². The SMILES string of the molecule is COc1ccc(-c2nc3c(c(=O)[nH]2)[C@@H](c2ccccc2)[C@]2(c4ccc(OC)cc4)Oc4cc(OC)cc(OC)c4[C@]32C)cc1. The Kier molecular flexibility index (Phi) is 6.39. The maximum atomic E-state index is 14.4. The molecule has 0 saturated carbocycles. The van der Waals surface area contributed by atoms with Gasteiger partial charge in [0.1, 0.15) is 34.6 Å². The summed E-state index contributed by atoms with van der Waals surface area (Å²) in [5, 5.41) is 0. The lowest BCUT2D eigenvalue weighted by atomic mass is 9.64. The second-order valence-corrected chi connectivity index (χ2v) is 11.1. The minimum Gasteiger partial charge on any atom is -0.497 e. The van der Waals surface area contributed by atoms with E-state index in [1.54, 1.807) is 28.4 Å². The Hall–Kier alpha value is -5.24. The highest BCUT2D eigenvalue weighted by molar-refractivity contribution is 5.71. The normalized spacial score (nSPS) is 21.1. The fraction of sp³-hybridized carbons (Fsp3) is 0.222. The Balaban J connectivity index is 1.61. The summed E-state index contributed by atoms with van der Waals surface area (Å²) in [7, 11) is 6.50. The lowest BCUT2D eigenvalue weighted by Crippen LogP contribution is -2.48. The minimum absolute atomic E-state index is 0.226. The average molecular weight is 589 g/mol. The molecule has 1 aliphatic heterocycles. The number of aromatic nitrogens is 2. The van der Waals surface area contributed by atoms with E-state index in [2.05, 4.69) is 11.9 Å². The molecule has 2 aliphatic rings. The molecule has 3 atom stereocenters. The minimum atomic E-state index is -1.12. The van der Waals surface area contributed by atoms with E-state index in [0.717, 1.165) is 22.3 Å². The number of rotatable bonds is 7. The molecule has 0 spiro atoms. The lowest BCUT2D eigenvalue weighted by Gasteiger charge is -2.41. The predicted octanol–water partition coefficient (Wildman–Crippen LogP) is 6.21. The van der Waals surface area contributed by atoms with E-state index in [9.17, 15) is 4.79 Å². The fourth-order valence-electron chi connectivity index (χ4n) is 7.14. The van der Waals surface area contributed by atoms with Crippen molar-refractivity contribution >= 4 is 0 Å². The van der Waals surface area contributed by atoms with Crippen LogP contribution in [0.3, 0.4) is 0 Å². The summed E-state index contributed by atoms with van der Waals surface area (Å²) in [6.45, 7) is 2.10. The van der Waals surface area contributed by atoms with Crippen molar-refractivity contribution in [2.75, 3.05) is 28.4 Å². The van der Waals surface area contributed by atoms with Gasteiger partial charge in [0.05, 0.1) is 56.6 Å². The second kappa shape index (κ2) is 10.2. The molecule has 0 amide bonds. The smallest absolute Gasteiger partial charge is 0.255 e. The predicted molar refractivity (Wildman–Crippen MR) is 166 cm³/mol. The molecule has 2 heterocycles. The number of methoxy groups -OCH3 is 4. The summed E-state index contributed by atoms with van der Waals surface area (Å²) in [4.78, 5) is 22.7. The third-order valence-corrected chi connectivity index (χ3v) is 9.15. The maximum Gasteiger partial charge on any atom is 0.255 e. The highest BCUT2D eigenvalue weighted by Crippen LogP contribution is 2.70.